The largest absolute Gasteiger partial charge is 0.336 e. The van der Waals surface area contributed by atoms with Crippen LogP contribution in [-0.4, -0.2) is 13.7 Å². The second-order valence-corrected chi connectivity index (χ2v) is 5.67. The molecule has 23 heavy (non-hydrogen) atoms. The lowest BCUT2D eigenvalue weighted by Gasteiger charge is -2.17. The van der Waals surface area contributed by atoms with Gasteiger partial charge in [-0.2, -0.15) is 0 Å². The summed E-state index contributed by atoms with van der Waals surface area (Å²) in [5.41, 5.74) is -1.73. The van der Waals surface area contributed by atoms with Gasteiger partial charge in [0, 0.05) is 6.54 Å². The third kappa shape index (κ3) is 4.43. The van der Waals surface area contributed by atoms with Gasteiger partial charge in [0.25, 0.3) is 0 Å². The zero-order valence-electron chi connectivity index (χ0n) is 14.2. The van der Waals surface area contributed by atoms with Crippen LogP contribution >= 0.6 is 0 Å². The first-order chi connectivity index (χ1) is 11.0. The zero-order valence-corrected chi connectivity index (χ0v) is 14.2. The van der Waals surface area contributed by atoms with Gasteiger partial charge in [0.2, 0.25) is 0 Å². The van der Waals surface area contributed by atoms with E-state index in [0.717, 1.165) is 34.8 Å². The van der Waals surface area contributed by atoms with Gasteiger partial charge in [-0.15, -0.1) is 13.2 Å². The first-order valence-corrected chi connectivity index (χ1v) is 8.17. The summed E-state index contributed by atoms with van der Waals surface area (Å²) in [7, 11) is 0. The van der Waals surface area contributed by atoms with Crippen LogP contribution in [0.25, 0.3) is 0 Å². The maximum Gasteiger partial charge on any atom is 0.336 e. The maximum absolute atomic E-state index is 12.5. The highest BCUT2D eigenvalue weighted by Crippen LogP contribution is 2.13. The Morgan fingerprint density at radius 2 is 1.39 bits per heavy atom. The van der Waals surface area contributed by atoms with E-state index >= 15 is 0 Å². The molecule has 6 nitrogen and oxygen atoms in total. The molecule has 0 saturated heterocycles. The highest BCUT2D eigenvalue weighted by Gasteiger charge is 2.17. The van der Waals surface area contributed by atoms with Crippen molar-refractivity contribution in [3.05, 3.63) is 56.8 Å². The third-order valence-electron chi connectivity index (χ3n) is 3.99. The Labute approximate surface area is 136 Å². The molecule has 1 rings (SSSR count). The molecule has 1 aromatic heterocycles. The van der Waals surface area contributed by atoms with Crippen LogP contribution in [0.2, 0.25) is 0 Å². The van der Waals surface area contributed by atoms with Gasteiger partial charge in [-0.1, -0.05) is 45.3 Å². The molecule has 1 heterocycles. The molecule has 0 aliphatic rings. The summed E-state index contributed by atoms with van der Waals surface area (Å²) in [5, 5.41) is 0. The zero-order chi connectivity index (χ0) is 17.4. The number of rotatable bonds is 10. The lowest BCUT2D eigenvalue weighted by Crippen LogP contribution is -2.54. The first-order valence-electron chi connectivity index (χ1n) is 8.17. The highest BCUT2D eigenvalue weighted by atomic mass is 16.2. The Morgan fingerprint density at radius 3 is 1.78 bits per heavy atom. The van der Waals surface area contributed by atoms with Crippen molar-refractivity contribution in [2.45, 2.75) is 59.2 Å². The van der Waals surface area contributed by atoms with Crippen LogP contribution in [-0.2, 0) is 19.6 Å². The fourth-order valence-electron chi connectivity index (χ4n) is 2.58. The Bertz CT molecular complexity index is 661. The normalized spacial score (nSPS) is 12.1. The summed E-state index contributed by atoms with van der Waals surface area (Å²) in [5.74, 6) is 0.243. The number of hydrogen-bond acceptors (Lipinski definition) is 3. The first kappa shape index (κ1) is 18.9. The SMILES string of the molecule is C=CCn1c(=O)n(CC=C)c(=O)n(CC(CC)CCCC)c1=O. The van der Waals surface area contributed by atoms with E-state index in [1.807, 2.05) is 6.92 Å². The summed E-state index contributed by atoms with van der Waals surface area (Å²) in [6.07, 6.45) is 6.92. The second-order valence-electron chi connectivity index (χ2n) is 5.67. The molecular formula is C17H27N3O3. The molecular weight excluding hydrogens is 294 g/mol. The molecule has 1 aromatic rings. The molecule has 6 heteroatoms. The minimum Gasteiger partial charge on any atom is -0.247 e. The predicted molar refractivity (Wildman–Crippen MR) is 92.9 cm³/mol. The van der Waals surface area contributed by atoms with E-state index in [4.69, 9.17) is 0 Å². The highest BCUT2D eigenvalue weighted by molar-refractivity contribution is 4.85. The molecule has 1 atom stereocenters. The lowest BCUT2D eigenvalue weighted by molar-refractivity contribution is 0.354. The fraction of sp³-hybridized carbons (Fsp3) is 0.588. The van der Waals surface area contributed by atoms with Crippen LogP contribution in [0.3, 0.4) is 0 Å². The van der Waals surface area contributed by atoms with Crippen molar-refractivity contribution in [1.29, 1.82) is 0 Å². The summed E-state index contributed by atoms with van der Waals surface area (Å²) in [4.78, 5) is 37.3. The Balaban J connectivity index is 3.42. The number of nitrogens with zero attached hydrogens (tertiary/aromatic N) is 3. The summed E-state index contributed by atoms with van der Waals surface area (Å²) in [6, 6.07) is 0. The molecule has 0 bridgehead atoms. The van der Waals surface area contributed by atoms with Crippen LogP contribution in [0, 0.1) is 5.92 Å². The summed E-state index contributed by atoms with van der Waals surface area (Å²) >= 11 is 0. The lowest BCUT2D eigenvalue weighted by atomic mass is 9.99. The van der Waals surface area contributed by atoms with Crippen molar-refractivity contribution in [2.75, 3.05) is 0 Å². The third-order valence-corrected chi connectivity index (χ3v) is 3.99. The van der Waals surface area contributed by atoms with Gasteiger partial charge in [-0.3, -0.25) is 0 Å². The van der Waals surface area contributed by atoms with Crippen molar-refractivity contribution in [2.24, 2.45) is 5.92 Å². The fourth-order valence-corrected chi connectivity index (χ4v) is 2.58. The van der Waals surface area contributed by atoms with Gasteiger partial charge in [0.1, 0.15) is 0 Å². The average molecular weight is 321 g/mol. The van der Waals surface area contributed by atoms with Gasteiger partial charge in [0.05, 0.1) is 13.1 Å². The van der Waals surface area contributed by atoms with Crippen LogP contribution < -0.4 is 17.1 Å². The number of allylic oxidation sites excluding steroid dienone is 2. The van der Waals surface area contributed by atoms with Crippen molar-refractivity contribution in [3.63, 3.8) is 0 Å². The monoisotopic (exact) mass is 321 g/mol. The summed E-state index contributed by atoms with van der Waals surface area (Å²) in [6.45, 7) is 11.8. The standard InChI is InChI=1S/C17H27N3O3/c1-5-9-10-14(8-4)13-20-16(22)18(11-6-2)15(21)19(12-7-3)17(20)23/h6-7,14H,2-3,5,8-13H2,1,4H3. The molecule has 0 saturated carbocycles. The number of unbranched alkanes of at least 4 members (excludes halogenated alkanes) is 1. The quantitative estimate of drug-likeness (QED) is 0.617. The van der Waals surface area contributed by atoms with Crippen LogP contribution in [0.5, 0.6) is 0 Å². The van der Waals surface area contributed by atoms with Gasteiger partial charge in [-0.05, 0) is 12.3 Å². The van der Waals surface area contributed by atoms with Crippen LogP contribution in [0.1, 0.15) is 39.5 Å². The van der Waals surface area contributed by atoms with E-state index in [1.165, 1.54) is 16.7 Å². The average Bonchev–Trinajstić information content (AvgIpc) is 2.55. The topological polar surface area (TPSA) is 66.0 Å². The van der Waals surface area contributed by atoms with Crippen LogP contribution in [0.15, 0.2) is 39.7 Å². The molecule has 0 aromatic carbocycles. The Morgan fingerprint density at radius 1 is 0.913 bits per heavy atom. The van der Waals surface area contributed by atoms with Gasteiger partial charge in [0.15, 0.2) is 0 Å². The minimum atomic E-state index is -0.613. The predicted octanol–water partition coefficient (Wildman–Crippen LogP) is 1.76. The molecule has 0 amide bonds. The molecule has 0 fully saturated rings. The number of aromatic nitrogens is 3. The van der Waals surface area contributed by atoms with Gasteiger partial charge in [-0.25, -0.2) is 28.1 Å². The summed E-state index contributed by atoms with van der Waals surface area (Å²) < 4.78 is 3.27. The second kappa shape index (κ2) is 9.12. The molecule has 0 radical (unpaired) electrons. The Kier molecular flexibility index (Phi) is 7.51. The molecule has 0 aliphatic carbocycles. The van der Waals surface area contributed by atoms with Crippen molar-refractivity contribution >= 4 is 0 Å². The smallest absolute Gasteiger partial charge is 0.247 e. The van der Waals surface area contributed by atoms with E-state index in [-0.39, 0.29) is 19.0 Å². The van der Waals surface area contributed by atoms with Crippen molar-refractivity contribution < 1.29 is 0 Å². The molecule has 0 N–H and O–H groups in total. The molecule has 128 valence electrons. The van der Waals surface area contributed by atoms with E-state index in [1.54, 1.807) is 0 Å². The van der Waals surface area contributed by atoms with Gasteiger partial charge >= 0.3 is 17.1 Å². The molecule has 0 aliphatic heterocycles. The minimum absolute atomic E-state index is 0.0842. The molecule has 1 unspecified atom stereocenters. The van der Waals surface area contributed by atoms with E-state index in [9.17, 15) is 14.4 Å². The van der Waals surface area contributed by atoms with Crippen LogP contribution in [0.4, 0.5) is 0 Å². The van der Waals surface area contributed by atoms with Crippen molar-refractivity contribution in [1.82, 2.24) is 13.7 Å². The molecule has 0 spiro atoms. The van der Waals surface area contributed by atoms with Gasteiger partial charge < -0.3 is 0 Å². The number of hydrogen-bond donors (Lipinski definition) is 0. The maximum atomic E-state index is 12.5. The van der Waals surface area contributed by atoms with E-state index in [2.05, 4.69) is 20.1 Å². The van der Waals surface area contributed by atoms with Crippen molar-refractivity contribution in [3.8, 4) is 0 Å². The van der Waals surface area contributed by atoms with E-state index in [0.29, 0.717) is 6.54 Å². The Hall–Kier alpha value is -2.11. The van der Waals surface area contributed by atoms with E-state index < -0.39 is 17.1 Å².